The summed E-state index contributed by atoms with van der Waals surface area (Å²) in [6, 6.07) is -0.799. The molecule has 0 aliphatic heterocycles. The Labute approximate surface area is 343 Å². The van der Waals surface area contributed by atoms with E-state index in [4.69, 9.17) is 0 Å². The van der Waals surface area contributed by atoms with E-state index in [9.17, 15) is 20.1 Å². The summed E-state index contributed by atoms with van der Waals surface area (Å²) in [7, 11) is 0. The Morgan fingerprint density at radius 2 is 0.727 bits per heavy atom. The molecule has 0 aromatic carbocycles. The molecule has 0 fully saturated rings. The molecule has 5 nitrogen and oxygen atoms in total. The number of unbranched alkanes of at least 4 members (excludes halogenated alkanes) is 35. The molecule has 5 heteroatoms. The van der Waals surface area contributed by atoms with Crippen LogP contribution in [0.15, 0.2) is 24.3 Å². The number of allylic oxidation sites excluding steroid dienone is 3. The molecule has 0 rings (SSSR count). The average Bonchev–Trinajstić information content (AvgIpc) is 3.19. The lowest BCUT2D eigenvalue weighted by Crippen LogP contribution is -2.48. The summed E-state index contributed by atoms with van der Waals surface area (Å²) in [6.07, 6.45) is 56.5. The second kappa shape index (κ2) is 45.5. The van der Waals surface area contributed by atoms with Gasteiger partial charge in [-0.3, -0.25) is 4.79 Å². The van der Waals surface area contributed by atoms with Crippen LogP contribution in [0.3, 0.4) is 0 Å². The molecule has 0 aliphatic carbocycles. The van der Waals surface area contributed by atoms with Crippen molar-refractivity contribution in [2.24, 2.45) is 0 Å². The summed E-state index contributed by atoms with van der Waals surface area (Å²) in [5.74, 6) is -0.505. The predicted octanol–water partition coefficient (Wildman–Crippen LogP) is 14.6. The van der Waals surface area contributed by atoms with Crippen molar-refractivity contribution in [3.8, 4) is 0 Å². The van der Waals surface area contributed by atoms with Crippen LogP contribution in [-0.4, -0.2) is 46.1 Å². The summed E-state index contributed by atoms with van der Waals surface area (Å²) in [4.78, 5) is 12.5. The van der Waals surface area contributed by atoms with E-state index in [1.165, 1.54) is 212 Å². The van der Waals surface area contributed by atoms with Gasteiger partial charge in [-0.1, -0.05) is 244 Å². The van der Waals surface area contributed by atoms with Crippen LogP contribution in [-0.2, 0) is 4.79 Å². The van der Waals surface area contributed by atoms with Crippen LogP contribution in [0.25, 0.3) is 0 Å². The van der Waals surface area contributed by atoms with E-state index in [1.807, 2.05) is 6.08 Å². The molecule has 0 bridgehead atoms. The Hall–Kier alpha value is -1.17. The van der Waals surface area contributed by atoms with E-state index in [0.717, 1.165) is 32.1 Å². The van der Waals surface area contributed by atoms with Gasteiger partial charge in [-0.15, -0.1) is 0 Å². The molecule has 0 spiro atoms. The van der Waals surface area contributed by atoms with Gasteiger partial charge in [0.15, 0.2) is 0 Å². The maximum Gasteiger partial charge on any atom is 0.249 e. The summed E-state index contributed by atoms with van der Waals surface area (Å²) in [6.45, 7) is 4.20. The average molecular weight is 776 g/mol. The fraction of sp³-hybridized carbons (Fsp3) is 0.900. The summed E-state index contributed by atoms with van der Waals surface area (Å²) < 4.78 is 0. The highest BCUT2D eigenvalue weighted by Crippen LogP contribution is 2.16. The zero-order valence-electron chi connectivity index (χ0n) is 37.1. The number of hydrogen-bond donors (Lipinski definition) is 4. The molecule has 0 aromatic rings. The molecule has 55 heavy (non-hydrogen) atoms. The maximum atomic E-state index is 12.5. The summed E-state index contributed by atoms with van der Waals surface area (Å²) in [5, 5.41) is 33.3. The van der Waals surface area contributed by atoms with Crippen molar-refractivity contribution in [3.05, 3.63) is 24.3 Å². The molecular weight excluding hydrogens is 679 g/mol. The highest BCUT2D eigenvalue weighted by atomic mass is 16.3. The van der Waals surface area contributed by atoms with E-state index in [1.54, 1.807) is 6.08 Å². The van der Waals surface area contributed by atoms with Gasteiger partial charge in [0.1, 0.15) is 6.10 Å². The number of carbonyl (C=O) groups is 1. The lowest BCUT2D eigenvalue weighted by molar-refractivity contribution is -0.131. The third-order valence-corrected chi connectivity index (χ3v) is 11.5. The van der Waals surface area contributed by atoms with Crippen molar-refractivity contribution in [2.45, 2.75) is 283 Å². The first-order valence-corrected chi connectivity index (χ1v) is 24.7. The van der Waals surface area contributed by atoms with Gasteiger partial charge in [0, 0.05) is 0 Å². The zero-order valence-corrected chi connectivity index (χ0v) is 37.1. The lowest BCUT2D eigenvalue weighted by atomic mass is 10.0. The van der Waals surface area contributed by atoms with Gasteiger partial charge in [0.2, 0.25) is 5.91 Å². The van der Waals surface area contributed by atoms with E-state index in [2.05, 4.69) is 31.3 Å². The highest BCUT2D eigenvalue weighted by molar-refractivity contribution is 5.80. The number of rotatable bonds is 45. The van der Waals surface area contributed by atoms with Crippen LogP contribution in [0, 0.1) is 0 Å². The minimum absolute atomic E-state index is 0.363. The molecule has 0 heterocycles. The molecule has 326 valence electrons. The number of aliphatic hydroxyl groups is 3. The molecule has 3 atom stereocenters. The molecule has 4 N–H and O–H groups in total. The first kappa shape index (κ1) is 53.8. The summed E-state index contributed by atoms with van der Waals surface area (Å²) >= 11 is 0. The van der Waals surface area contributed by atoms with Gasteiger partial charge < -0.3 is 20.6 Å². The molecular formula is C50H97NO4. The van der Waals surface area contributed by atoms with Crippen molar-refractivity contribution >= 4 is 5.91 Å². The molecule has 0 saturated heterocycles. The van der Waals surface area contributed by atoms with Gasteiger partial charge in [-0.05, 0) is 44.9 Å². The lowest BCUT2D eigenvalue weighted by Gasteiger charge is -2.21. The zero-order chi connectivity index (χ0) is 40.1. The van der Waals surface area contributed by atoms with Gasteiger partial charge in [0.25, 0.3) is 0 Å². The quantitative estimate of drug-likeness (QED) is 0.0366. The van der Waals surface area contributed by atoms with E-state index >= 15 is 0 Å². The Bertz CT molecular complexity index is 814. The minimum Gasteiger partial charge on any atom is -0.394 e. The van der Waals surface area contributed by atoms with Crippen LogP contribution in [0.5, 0.6) is 0 Å². The molecule has 0 aromatic heterocycles. The topological polar surface area (TPSA) is 89.8 Å². The second-order valence-electron chi connectivity index (χ2n) is 17.0. The second-order valence-corrected chi connectivity index (χ2v) is 17.0. The van der Waals surface area contributed by atoms with E-state index < -0.39 is 24.2 Å². The Morgan fingerprint density at radius 1 is 0.436 bits per heavy atom. The van der Waals surface area contributed by atoms with Crippen LogP contribution >= 0.6 is 0 Å². The molecule has 1 amide bonds. The number of aliphatic hydroxyl groups excluding tert-OH is 3. The first-order chi connectivity index (χ1) is 27.1. The maximum absolute atomic E-state index is 12.5. The van der Waals surface area contributed by atoms with Crippen molar-refractivity contribution in [1.29, 1.82) is 0 Å². The number of hydrogen-bond acceptors (Lipinski definition) is 4. The minimum atomic E-state index is -1.10. The van der Waals surface area contributed by atoms with Gasteiger partial charge in [-0.25, -0.2) is 0 Å². The normalized spacial score (nSPS) is 13.6. The Kier molecular flexibility index (Phi) is 44.6. The smallest absolute Gasteiger partial charge is 0.249 e. The fourth-order valence-electron chi connectivity index (χ4n) is 7.65. The van der Waals surface area contributed by atoms with Crippen LogP contribution < -0.4 is 5.32 Å². The predicted molar refractivity (Wildman–Crippen MR) is 241 cm³/mol. The standard InChI is InChI=1S/C50H97NO4/c1-3-5-7-9-11-13-15-17-19-21-23-25-27-28-30-32-34-36-38-40-42-44-48(53)47(46-52)51-50(55)49(54)45-43-41-39-37-35-33-31-29-26-24-22-20-18-16-14-12-10-8-6-4-2/h26,29,42,44,47-49,52-54H,3-25,27-28,30-41,43,45-46H2,1-2H3,(H,51,55)/b29-26-,44-42+. The Morgan fingerprint density at radius 3 is 1.05 bits per heavy atom. The van der Waals surface area contributed by atoms with Crippen molar-refractivity contribution in [1.82, 2.24) is 5.32 Å². The van der Waals surface area contributed by atoms with E-state index in [-0.39, 0.29) is 6.61 Å². The number of carbonyl (C=O) groups excluding carboxylic acids is 1. The van der Waals surface area contributed by atoms with Gasteiger partial charge >= 0.3 is 0 Å². The highest BCUT2D eigenvalue weighted by Gasteiger charge is 2.22. The van der Waals surface area contributed by atoms with E-state index in [0.29, 0.717) is 6.42 Å². The van der Waals surface area contributed by atoms with Crippen molar-refractivity contribution in [3.63, 3.8) is 0 Å². The van der Waals surface area contributed by atoms with Gasteiger partial charge in [0.05, 0.1) is 18.8 Å². The van der Waals surface area contributed by atoms with Gasteiger partial charge in [-0.2, -0.15) is 0 Å². The van der Waals surface area contributed by atoms with Crippen LogP contribution in [0.1, 0.15) is 264 Å². The van der Waals surface area contributed by atoms with Crippen LogP contribution in [0.2, 0.25) is 0 Å². The fourth-order valence-corrected chi connectivity index (χ4v) is 7.65. The van der Waals surface area contributed by atoms with Crippen LogP contribution in [0.4, 0.5) is 0 Å². The Balaban J connectivity index is 3.63. The van der Waals surface area contributed by atoms with Crippen molar-refractivity contribution < 1.29 is 20.1 Å². The summed E-state index contributed by atoms with van der Waals surface area (Å²) in [5.41, 5.74) is 0. The molecule has 3 unspecified atom stereocenters. The number of amides is 1. The van der Waals surface area contributed by atoms with Crippen molar-refractivity contribution in [2.75, 3.05) is 6.61 Å². The first-order valence-electron chi connectivity index (χ1n) is 24.7. The SMILES string of the molecule is CCCCCCCCCCCC/C=C\CCCCCCCCC(O)C(=O)NC(CO)C(O)/C=C/CCCCCCCCCCCCCCCCCCCCC. The third kappa shape index (κ3) is 40.8. The largest absolute Gasteiger partial charge is 0.394 e. The molecule has 0 radical (unpaired) electrons. The number of nitrogens with one attached hydrogen (secondary N) is 1. The molecule has 0 aliphatic rings. The third-order valence-electron chi connectivity index (χ3n) is 11.5. The molecule has 0 saturated carbocycles. The monoisotopic (exact) mass is 776 g/mol.